The summed E-state index contributed by atoms with van der Waals surface area (Å²) >= 11 is 5.93. The molecule has 0 aromatic carbocycles. The summed E-state index contributed by atoms with van der Waals surface area (Å²) in [5.41, 5.74) is 7.50. The van der Waals surface area contributed by atoms with Crippen LogP contribution in [0.5, 0.6) is 0 Å². The number of nitrogens with two attached hydrogens (primary N) is 1. The van der Waals surface area contributed by atoms with Gasteiger partial charge in [-0.3, -0.25) is 4.57 Å². The topological polar surface area (TPSA) is 66.0 Å². The van der Waals surface area contributed by atoms with Gasteiger partial charge in [-0.15, -0.1) is 0 Å². The third-order valence-corrected chi connectivity index (χ3v) is 3.81. The Morgan fingerprint density at radius 1 is 1.44 bits per heavy atom. The molecule has 1 aliphatic heterocycles. The molecule has 3 heterocycles. The first-order valence-electron chi connectivity index (χ1n) is 5.98. The van der Waals surface area contributed by atoms with E-state index in [1.807, 2.05) is 4.57 Å². The second-order valence-corrected chi connectivity index (χ2v) is 5.35. The molecule has 0 aliphatic carbocycles. The minimum absolute atomic E-state index is 0.0854. The standard InChI is InChI=1S/C12H15ClN4O/c1-12(2-4-18-5-3-12)17-10-9(16-11(17)14)6-8(13)7-15-10/h6-7H,2-5H2,1H3,(H2,14,16). The van der Waals surface area contributed by atoms with E-state index in [0.29, 0.717) is 11.0 Å². The number of imidazole rings is 1. The number of pyridine rings is 1. The maximum Gasteiger partial charge on any atom is 0.202 e. The Balaban J connectivity index is 2.18. The van der Waals surface area contributed by atoms with Crippen LogP contribution in [-0.2, 0) is 10.3 Å². The fourth-order valence-electron chi connectivity index (χ4n) is 2.52. The maximum atomic E-state index is 6.05. The minimum Gasteiger partial charge on any atom is -0.381 e. The van der Waals surface area contributed by atoms with E-state index >= 15 is 0 Å². The number of halogens is 1. The van der Waals surface area contributed by atoms with E-state index in [1.165, 1.54) is 0 Å². The first-order chi connectivity index (χ1) is 8.60. The third kappa shape index (κ3) is 1.74. The van der Waals surface area contributed by atoms with Crippen LogP contribution in [0.4, 0.5) is 5.95 Å². The van der Waals surface area contributed by atoms with Gasteiger partial charge in [-0.2, -0.15) is 0 Å². The molecule has 6 heteroatoms. The molecule has 2 aromatic rings. The van der Waals surface area contributed by atoms with E-state index in [1.54, 1.807) is 12.3 Å². The van der Waals surface area contributed by atoms with Gasteiger partial charge >= 0.3 is 0 Å². The molecular weight excluding hydrogens is 252 g/mol. The summed E-state index contributed by atoms with van der Waals surface area (Å²) in [6, 6.07) is 1.79. The lowest BCUT2D eigenvalue weighted by Gasteiger charge is -2.35. The van der Waals surface area contributed by atoms with E-state index in [2.05, 4.69) is 16.9 Å². The van der Waals surface area contributed by atoms with Gasteiger partial charge in [0.05, 0.1) is 10.6 Å². The molecule has 0 saturated carbocycles. The number of ether oxygens (including phenoxy) is 1. The van der Waals surface area contributed by atoms with Gasteiger partial charge in [-0.1, -0.05) is 11.6 Å². The monoisotopic (exact) mass is 266 g/mol. The zero-order valence-corrected chi connectivity index (χ0v) is 10.9. The second-order valence-electron chi connectivity index (χ2n) is 4.91. The van der Waals surface area contributed by atoms with Crippen molar-refractivity contribution in [2.75, 3.05) is 18.9 Å². The van der Waals surface area contributed by atoms with Crippen LogP contribution in [0.1, 0.15) is 19.8 Å². The first-order valence-corrected chi connectivity index (χ1v) is 6.36. The maximum absolute atomic E-state index is 6.05. The first kappa shape index (κ1) is 11.7. The van der Waals surface area contributed by atoms with Gasteiger partial charge in [0.1, 0.15) is 5.52 Å². The Kier molecular flexibility index (Phi) is 2.68. The zero-order valence-electron chi connectivity index (χ0n) is 10.2. The lowest BCUT2D eigenvalue weighted by molar-refractivity contribution is 0.0318. The smallest absolute Gasteiger partial charge is 0.202 e. The molecule has 0 radical (unpaired) electrons. The highest BCUT2D eigenvalue weighted by molar-refractivity contribution is 6.31. The van der Waals surface area contributed by atoms with Gasteiger partial charge in [-0.25, -0.2) is 9.97 Å². The summed E-state index contributed by atoms with van der Waals surface area (Å²) in [6.45, 7) is 3.65. The van der Waals surface area contributed by atoms with Crippen molar-refractivity contribution in [1.29, 1.82) is 0 Å². The van der Waals surface area contributed by atoms with Crippen molar-refractivity contribution in [3.63, 3.8) is 0 Å². The largest absolute Gasteiger partial charge is 0.381 e. The average Bonchev–Trinajstić information content (AvgIpc) is 2.65. The van der Waals surface area contributed by atoms with Gasteiger partial charge in [0.2, 0.25) is 5.95 Å². The molecule has 0 bridgehead atoms. The number of anilines is 1. The molecule has 2 N–H and O–H groups in total. The molecule has 1 fully saturated rings. The number of hydrogen-bond acceptors (Lipinski definition) is 4. The zero-order chi connectivity index (χ0) is 12.8. The minimum atomic E-state index is -0.0854. The Hall–Kier alpha value is -1.33. The second kappa shape index (κ2) is 4.10. The molecular formula is C12H15ClN4O. The van der Waals surface area contributed by atoms with Crippen molar-refractivity contribution in [3.05, 3.63) is 17.3 Å². The average molecular weight is 267 g/mol. The molecule has 3 rings (SSSR count). The van der Waals surface area contributed by atoms with E-state index in [-0.39, 0.29) is 5.54 Å². The van der Waals surface area contributed by atoms with Crippen LogP contribution in [0.2, 0.25) is 5.02 Å². The fourth-order valence-corrected chi connectivity index (χ4v) is 2.68. The number of nitrogens with zero attached hydrogens (tertiary/aromatic N) is 3. The number of aromatic nitrogens is 3. The molecule has 1 aliphatic rings. The number of nitrogen functional groups attached to an aromatic ring is 1. The van der Waals surface area contributed by atoms with Gasteiger partial charge in [0.15, 0.2) is 5.65 Å². The molecule has 5 nitrogen and oxygen atoms in total. The van der Waals surface area contributed by atoms with Crippen LogP contribution in [0.3, 0.4) is 0 Å². The Labute approximate surface area is 110 Å². The summed E-state index contributed by atoms with van der Waals surface area (Å²) in [5.74, 6) is 0.490. The van der Waals surface area contributed by atoms with Crippen LogP contribution in [0.25, 0.3) is 11.2 Å². The summed E-state index contributed by atoms with van der Waals surface area (Å²) < 4.78 is 7.43. The lowest BCUT2D eigenvalue weighted by Crippen LogP contribution is -2.37. The number of rotatable bonds is 1. The highest BCUT2D eigenvalue weighted by Crippen LogP contribution is 2.34. The van der Waals surface area contributed by atoms with Crippen LogP contribution in [0.15, 0.2) is 12.3 Å². The van der Waals surface area contributed by atoms with E-state index in [4.69, 9.17) is 22.1 Å². The molecule has 0 unspecified atom stereocenters. The van der Waals surface area contributed by atoms with Crippen LogP contribution < -0.4 is 5.73 Å². The van der Waals surface area contributed by atoms with Crippen molar-refractivity contribution in [3.8, 4) is 0 Å². The normalized spacial score (nSPS) is 19.2. The van der Waals surface area contributed by atoms with E-state index in [9.17, 15) is 0 Å². The van der Waals surface area contributed by atoms with Crippen molar-refractivity contribution in [1.82, 2.24) is 14.5 Å². The third-order valence-electron chi connectivity index (χ3n) is 3.60. The molecule has 0 spiro atoms. The molecule has 18 heavy (non-hydrogen) atoms. The van der Waals surface area contributed by atoms with Crippen molar-refractivity contribution < 1.29 is 4.74 Å². The summed E-state index contributed by atoms with van der Waals surface area (Å²) in [5, 5.41) is 0.573. The van der Waals surface area contributed by atoms with Crippen LogP contribution >= 0.6 is 11.6 Å². The number of fused-ring (bicyclic) bond motifs is 1. The predicted molar refractivity (Wildman–Crippen MR) is 70.7 cm³/mol. The highest BCUT2D eigenvalue weighted by atomic mass is 35.5. The Morgan fingerprint density at radius 3 is 2.89 bits per heavy atom. The summed E-state index contributed by atoms with van der Waals surface area (Å²) in [6.07, 6.45) is 3.45. The fraction of sp³-hybridized carbons (Fsp3) is 0.500. The quantitative estimate of drug-likeness (QED) is 0.859. The molecule has 1 saturated heterocycles. The molecule has 96 valence electrons. The highest BCUT2D eigenvalue weighted by Gasteiger charge is 2.32. The van der Waals surface area contributed by atoms with Crippen LogP contribution in [0, 0.1) is 0 Å². The van der Waals surface area contributed by atoms with E-state index in [0.717, 1.165) is 37.2 Å². The predicted octanol–water partition coefficient (Wildman–Crippen LogP) is 2.19. The lowest BCUT2D eigenvalue weighted by atomic mass is 9.92. The van der Waals surface area contributed by atoms with Gasteiger partial charge in [-0.05, 0) is 25.8 Å². The van der Waals surface area contributed by atoms with E-state index < -0.39 is 0 Å². The number of hydrogen-bond donors (Lipinski definition) is 1. The molecule has 2 aromatic heterocycles. The molecule has 0 amide bonds. The van der Waals surface area contributed by atoms with Crippen molar-refractivity contribution in [2.24, 2.45) is 0 Å². The van der Waals surface area contributed by atoms with Crippen molar-refractivity contribution in [2.45, 2.75) is 25.3 Å². The summed E-state index contributed by atoms with van der Waals surface area (Å²) in [4.78, 5) is 8.72. The van der Waals surface area contributed by atoms with Crippen molar-refractivity contribution >= 4 is 28.7 Å². The van der Waals surface area contributed by atoms with Crippen LogP contribution in [-0.4, -0.2) is 27.7 Å². The Bertz CT molecular complexity index is 589. The molecule has 0 atom stereocenters. The SMILES string of the molecule is CC1(n2c(N)nc3cc(Cl)cnc32)CCOCC1. The summed E-state index contributed by atoms with van der Waals surface area (Å²) in [7, 11) is 0. The van der Waals surface area contributed by atoms with Gasteiger partial charge < -0.3 is 10.5 Å². The van der Waals surface area contributed by atoms with Gasteiger partial charge in [0, 0.05) is 19.4 Å². The Morgan fingerprint density at radius 2 is 2.17 bits per heavy atom. The van der Waals surface area contributed by atoms with Gasteiger partial charge in [0.25, 0.3) is 0 Å².